The number of rotatable bonds is 5. The molecule has 0 spiro atoms. The first kappa shape index (κ1) is 21.8. The molecular formula is C26H29N3O3. The van der Waals surface area contributed by atoms with Crippen molar-refractivity contribution >= 4 is 17.5 Å². The molecule has 0 aliphatic carbocycles. The maximum atomic E-state index is 12.6. The second kappa shape index (κ2) is 9.40. The Morgan fingerprint density at radius 1 is 1.00 bits per heavy atom. The molecule has 6 nitrogen and oxygen atoms in total. The molecule has 4 rings (SSSR count). The Hall–Kier alpha value is -3.38. The third kappa shape index (κ3) is 4.75. The number of aryl methyl sites for hydroxylation is 3. The van der Waals surface area contributed by atoms with Crippen LogP contribution in [0.1, 0.15) is 39.6 Å². The Labute approximate surface area is 188 Å². The standard InChI is InChI=1S/C26H29N3O3/c1-17-13-18(2)24(19(3)14-17)28-26(31)25(30)27-15-22(23-9-6-12-32-23)29-11-10-20-7-4-5-8-21(20)16-29/h4-9,12-14,22H,10-11,15-16H2,1-3H3,(H,27,30)(H,28,31). The van der Waals surface area contributed by atoms with E-state index in [-0.39, 0.29) is 12.6 Å². The number of carbonyl (C=O) groups excluding carboxylic acids is 2. The topological polar surface area (TPSA) is 74.6 Å². The Bertz CT molecular complexity index is 1100. The molecule has 2 N–H and O–H groups in total. The molecule has 0 saturated carbocycles. The highest BCUT2D eigenvalue weighted by Crippen LogP contribution is 2.28. The van der Waals surface area contributed by atoms with Crippen LogP contribution in [0, 0.1) is 20.8 Å². The number of nitrogens with one attached hydrogen (secondary N) is 2. The first-order chi connectivity index (χ1) is 15.4. The SMILES string of the molecule is Cc1cc(C)c(NC(=O)C(=O)NCC(c2ccco2)N2CCc3ccccc3C2)c(C)c1. The van der Waals surface area contributed by atoms with E-state index < -0.39 is 11.8 Å². The zero-order valence-electron chi connectivity index (χ0n) is 18.8. The van der Waals surface area contributed by atoms with Crippen LogP contribution in [0.2, 0.25) is 0 Å². The van der Waals surface area contributed by atoms with Gasteiger partial charge in [-0.1, -0.05) is 42.0 Å². The van der Waals surface area contributed by atoms with Gasteiger partial charge in [0, 0.05) is 25.3 Å². The van der Waals surface area contributed by atoms with Gasteiger partial charge >= 0.3 is 11.8 Å². The number of amides is 2. The van der Waals surface area contributed by atoms with E-state index in [0.29, 0.717) is 5.69 Å². The van der Waals surface area contributed by atoms with Gasteiger partial charge in [-0.05, 0) is 61.6 Å². The molecule has 1 unspecified atom stereocenters. The first-order valence-electron chi connectivity index (χ1n) is 10.9. The third-order valence-corrected chi connectivity index (χ3v) is 6.05. The summed E-state index contributed by atoms with van der Waals surface area (Å²) in [7, 11) is 0. The highest BCUT2D eigenvalue weighted by atomic mass is 16.3. The summed E-state index contributed by atoms with van der Waals surface area (Å²) >= 11 is 0. The van der Waals surface area contributed by atoms with Crippen molar-refractivity contribution in [3.63, 3.8) is 0 Å². The van der Waals surface area contributed by atoms with Crippen LogP contribution in [-0.4, -0.2) is 29.8 Å². The predicted octanol–water partition coefficient (Wildman–Crippen LogP) is 4.06. The highest BCUT2D eigenvalue weighted by molar-refractivity contribution is 6.39. The number of anilines is 1. The molecule has 1 atom stereocenters. The van der Waals surface area contributed by atoms with Gasteiger partial charge in [0.1, 0.15) is 5.76 Å². The van der Waals surface area contributed by atoms with Crippen molar-refractivity contribution in [1.82, 2.24) is 10.2 Å². The van der Waals surface area contributed by atoms with Gasteiger partial charge in [-0.2, -0.15) is 0 Å². The van der Waals surface area contributed by atoms with Crippen LogP contribution in [0.5, 0.6) is 0 Å². The molecular weight excluding hydrogens is 402 g/mol. The van der Waals surface area contributed by atoms with Crippen LogP contribution in [0.3, 0.4) is 0 Å². The molecule has 166 valence electrons. The minimum absolute atomic E-state index is 0.155. The van der Waals surface area contributed by atoms with Gasteiger partial charge in [0.05, 0.1) is 12.3 Å². The number of nitrogens with zero attached hydrogens (tertiary/aromatic N) is 1. The second-order valence-corrected chi connectivity index (χ2v) is 8.46. The molecule has 0 radical (unpaired) electrons. The predicted molar refractivity (Wildman–Crippen MR) is 124 cm³/mol. The quantitative estimate of drug-likeness (QED) is 0.598. The van der Waals surface area contributed by atoms with Crippen LogP contribution in [0.25, 0.3) is 0 Å². The van der Waals surface area contributed by atoms with Crippen LogP contribution in [0.15, 0.2) is 59.2 Å². The lowest BCUT2D eigenvalue weighted by molar-refractivity contribution is -0.136. The molecule has 1 aromatic heterocycles. The van der Waals surface area contributed by atoms with Gasteiger partial charge < -0.3 is 15.1 Å². The van der Waals surface area contributed by atoms with E-state index in [9.17, 15) is 9.59 Å². The van der Waals surface area contributed by atoms with Crippen molar-refractivity contribution in [1.29, 1.82) is 0 Å². The summed E-state index contributed by atoms with van der Waals surface area (Å²) < 4.78 is 5.67. The van der Waals surface area contributed by atoms with E-state index >= 15 is 0 Å². The van der Waals surface area contributed by atoms with E-state index in [2.05, 4.69) is 33.7 Å². The molecule has 2 heterocycles. The highest BCUT2D eigenvalue weighted by Gasteiger charge is 2.28. The lowest BCUT2D eigenvalue weighted by atomic mass is 9.98. The Morgan fingerprint density at radius 2 is 1.72 bits per heavy atom. The van der Waals surface area contributed by atoms with Crippen LogP contribution < -0.4 is 10.6 Å². The summed E-state index contributed by atoms with van der Waals surface area (Å²) in [6, 6.07) is 16.0. The van der Waals surface area contributed by atoms with Gasteiger partial charge in [-0.25, -0.2) is 0 Å². The number of benzene rings is 2. The summed E-state index contributed by atoms with van der Waals surface area (Å²) in [5, 5.41) is 5.58. The molecule has 3 aromatic rings. The molecule has 0 saturated heterocycles. The number of fused-ring (bicyclic) bond motifs is 1. The molecule has 6 heteroatoms. The average molecular weight is 432 g/mol. The number of hydrogen-bond donors (Lipinski definition) is 2. The summed E-state index contributed by atoms with van der Waals surface area (Å²) in [5.74, 6) is -0.545. The maximum Gasteiger partial charge on any atom is 0.313 e. The van der Waals surface area contributed by atoms with E-state index in [0.717, 1.165) is 42.0 Å². The minimum atomic E-state index is -0.665. The smallest absolute Gasteiger partial charge is 0.313 e. The molecule has 1 aliphatic rings. The monoisotopic (exact) mass is 431 g/mol. The molecule has 32 heavy (non-hydrogen) atoms. The van der Waals surface area contributed by atoms with Crippen molar-refractivity contribution in [2.45, 2.75) is 39.8 Å². The number of carbonyl (C=O) groups is 2. The fourth-order valence-electron chi connectivity index (χ4n) is 4.49. The third-order valence-electron chi connectivity index (χ3n) is 6.05. The lowest BCUT2D eigenvalue weighted by Gasteiger charge is -2.34. The van der Waals surface area contributed by atoms with E-state index in [4.69, 9.17) is 4.42 Å². The van der Waals surface area contributed by atoms with Crippen molar-refractivity contribution in [2.24, 2.45) is 0 Å². The van der Waals surface area contributed by atoms with Crippen LogP contribution in [-0.2, 0) is 22.6 Å². The van der Waals surface area contributed by atoms with Crippen molar-refractivity contribution < 1.29 is 14.0 Å². The maximum absolute atomic E-state index is 12.6. The average Bonchev–Trinajstić information content (AvgIpc) is 3.30. The van der Waals surface area contributed by atoms with E-state index in [1.54, 1.807) is 6.26 Å². The lowest BCUT2D eigenvalue weighted by Crippen LogP contribution is -2.43. The minimum Gasteiger partial charge on any atom is -0.468 e. The number of furan rings is 1. The van der Waals surface area contributed by atoms with Crippen molar-refractivity contribution in [2.75, 3.05) is 18.4 Å². The molecule has 0 fully saturated rings. The van der Waals surface area contributed by atoms with Crippen molar-refractivity contribution in [3.05, 3.63) is 88.4 Å². The Kier molecular flexibility index (Phi) is 6.42. The van der Waals surface area contributed by atoms with Crippen molar-refractivity contribution in [3.8, 4) is 0 Å². The van der Waals surface area contributed by atoms with Gasteiger partial charge in [0.25, 0.3) is 0 Å². The summed E-state index contributed by atoms with van der Waals surface area (Å²) in [6.45, 7) is 7.76. The second-order valence-electron chi connectivity index (χ2n) is 8.46. The van der Waals surface area contributed by atoms with Gasteiger partial charge in [-0.15, -0.1) is 0 Å². The molecule has 0 bridgehead atoms. The molecule has 2 aromatic carbocycles. The summed E-state index contributed by atoms with van der Waals surface area (Å²) in [5.41, 5.74) is 6.31. The fourth-order valence-corrected chi connectivity index (χ4v) is 4.49. The first-order valence-corrected chi connectivity index (χ1v) is 10.9. The Morgan fingerprint density at radius 3 is 2.41 bits per heavy atom. The fraction of sp³-hybridized carbons (Fsp3) is 0.308. The zero-order valence-corrected chi connectivity index (χ0v) is 18.8. The molecule has 2 amide bonds. The van der Waals surface area contributed by atoms with Gasteiger partial charge in [0.2, 0.25) is 0 Å². The summed E-state index contributed by atoms with van der Waals surface area (Å²) in [6.07, 6.45) is 2.57. The largest absolute Gasteiger partial charge is 0.468 e. The summed E-state index contributed by atoms with van der Waals surface area (Å²) in [4.78, 5) is 27.5. The Balaban J connectivity index is 1.44. The van der Waals surface area contributed by atoms with Crippen LogP contribution in [0.4, 0.5) is 5.69 Å². The number of hydrogen-bond acceptors (Lipinski definition) is 4. The van der Waals surface area contributed by atoms with Gasteiger partial charge in [-0.3, -0.25) is 14.5 Å². The van der Waals surface area contributed by atoms with Gasteiger partial charge in [0.15, 0.2) is 0 Å². The van der Waals surface area contributed by atoms with Crippen LogP contribution >= 0.6 is 0 Å². The normalized spacial score (nSPS) is 14.5. The zero-order chi connectivity index (χ0) is 22.7. The molecule has 1 aliphatic heterocycles. The van der Waals surface area contributed by atoms with E-state index in [1.807, 2.05) is 51.1 Å². The van der Waals surface area contributed by atoms with E-state index in [1.165, 1.54) is 11.1 Å².